The fraction of sp³-hybridized carbons (Fsp3) is 0.455. The van der Waals surface area contributed by atoms with Gasteiger partial charge in [-0.05, 0) is 80.4 Å². The number of amides is 6. The maximum Gasteiger partial charge on any atom is 0.478 e. The quantitative estimate of drug-likeness (QED) is 0.0210. The van der Waals surface area contributed by atoms with Crippen LogP contribution in [0, 0.1) is 17.8 Å². The number of aromatic nitrogens is 6. The molecule has 6 aromatic rings. The van der Waals surface area contributed by atoms with Crippen molar-refractivity contribution in [1.29, 1.82) is 0 Å². The van der Waals surface area contributed by atoms with E-state index in [1.165, 1.54) is 55.8 Å². The summed E-state index contributed by atoms with van der Waals surface area (Å²) >= 11 is 0. The zero-order valence-electron chi connectivity index (χ0n) is 54.0. The molecule has 8 atom stereocenters. The molecule has 0 aliphatic heterocycles. The van der Waals surface area contributed by atoms with Crippen molar-refractivity contribution >= 4 is 56.4 Å². The lowest BCUT2D eigenvalue weighted by molar-refractivity contribution is -0.124. The van der Waals surface area contributed by atoms with Crippen molar-refractivity contribution in [2.75, 3.05) is 0 Å². The van der Waals surface area contributed by atoms with Gasteiger partial charge in [-0.1, -0.05) is 153 Å². The topological polar surface area (TPSA) is 311 Å². The highest BCUT2D eigenvalue weighted by molar-refractivity contribution is 6.62. The molecule has 0 aliphatic rings. The molecule has 3 aromatic carbocycles. The lowest BCUT2D eigenvalue weighted by Gasteiger charge is -2.47. The second-order valence-corrected chi connectivity index (χ2v) is 24.9. The Hall–Kier alpha value is -8.25. The van der Waals surface area contributed by atoms with Crippen LogP contribution in [0.2, 0.25) is 0 Å². The number of benzene rings is 3. The molecular weight excluding hydrogens is 1150 g/mol. The summed E-state index contributed by atoms with van der Waals surface area (Å²) in [5, 5.41) is 44.0. The van der Waals surface area contributed by atoms with E-state index in [0.29, 0.717) is 6.42 Å². The normalized spacial score (nSPS) is 14.7. The highest BCUT2D eigenvalue weighted by atomic mass is 16.6. The van der Waals surface area contributed by atoms with Crippen molar-refractivity contribution < 1.29 is 48.1 Å². The van der Waals surface area contributed by atoms with Gasteiger partial charge in [0, 0.05) is 68.3 Å². The average molecular weight is 1240 g/mol. The second-order valence-electron chi connectivity index (χ2n) is 24.9. The number of rotatable bonds is 36. The van der Waals surface area contributed by atoms with Crippen LogP contribution in [0.1, 0.15) is 156 Å². The Morgan fingerprint density at radius 2 is 0.802 bits per heavy atom. The Labute approximate surface area is 536 Å². The largest absolute Gasteiger partial charge is 0.478 e. The Morgan fingerprint density at radius 1 is 0.462 bits per heavy atom. The van der Waals surface area contributed by atoms with Gasteiger partial charge in [-0.3, -0.25) is 43.7 Å². The number of hydrogen-bond donors (Lipinski definition) is 8. The van der Waals surface area contributed by atoms with Crippen molar-refractivity contribution in [2.24, 2.45) is 17.8 Å². The van der Waals surface area contributed by atoms with Crippen LogP contribution in [-0.2, 0) is 43.0 Å². The summed E-state index contributed by atoms with van der Waals surface area (Å²) in [6.07, 6.45) is 14.0. The van der Waals surface area contributed by atoms with Crippen molar-refractivity contribution in [3.63, 3.8) is 0 Å². The molecule has 6 rings (SSSR count). The van der Waals surface area contributed by atoms with E-state index >= 15 is 4.79 Å². The molecule has 0 aliphatic carbocycles. The molecular formula is C66H89B3N12O10. The summed E-state index contributed by atoms with van der Waals surface area (Å²) in [5.41, 5.74) is -0.950. The van der Waals surface area contributed by atoms with E-state index in [9.17, 15) is 34.0 Å². The molecule has 25 heteroatoms. The third kappa shape index (κ3) is 22.3. The van der Waals surface area contributed by atoms with E-state index in [0.717, 1.165) is 16.7 Å². The lowest BCUT2D eigenvalue weighted by Crippen LogP contribution is -2.70. The number of carbonyl (C=O) groups is 6. The molecule has 8 unspecified atom stereocenters. The van der Waals surface area contributed by atoms with Gasteiger partial charge in [0.2, 0.25) is 17.7 Å². The van der Waals surface area contributed by atoms with Gasteiger partial charge in [-0.15, -0.1) is 0 Å². The van der Waals surface area contributed by atoms with E-state index in [1.54, 1.807) is 13.8 Å². The minimum Gasteiger partial charge on any atom is -0.447 e. The number of nitrogens with one attached hydrogen (secondary N) is 6. The van der Waals surface area contributed by atoms with Crippen LogP contribution in [-0.4, -0.2) is 143 Å². The first-order valence-corrected chi connectivity index (χ1v) is 31.5. The van der Waals surface area contributed by atoms with E-state index in [4.69, 9.17) is 9.31 Å². The van der Waals surface area contributed by atoms with Gasteiger partial charge in [-0.25, -0.2) is 15.0 Å². The summed E-state index contributed by atoms with van der Waals surface area (Å²) in [5.74, 6) is -7.19. The van der Waals surface area contributed by atoms with Crippen LogP contribution in [0.5, 0.6) is 0 Å². The first-order valence-electron chi connectivity index (χ1n) is 31.5. The van der Waals surface area contributed by atoms with Crippen molar-refractivity contribution in [3.05, 3.63) is 181 Å². The van der Waals surface area contributed by atoms with Crippen LogP contribution >= 0.6 is 0 Å². The summed E-state index contributed by atoms with van der Waals surface area (Å²) < 4.78 is 14.6. The van der Waals surface area contributed by atoms with Crippen molar-refractivity contribution in [2.45, 2.75) is 174 Å². The molecule has 0 saturated carbocycles. The molecule has 482 valence electrons. The molecule has 8 N–H and O–H groups in total. The molecule has 0 spiro atoms. The maximum atomic E-state index is 15.4. The molecule has 6 amide bonds. The van der Waals surface area contributed by atoms with Gasteiger partial charge < -0.3 is 51.3 Å². The molecule has 3 aromatic heterocycles. The number of carbonyl (C=O) groups excluding carboxylic acids is 6. The lowest BCUT2D eigenvalue weighted by atomic mass is 9.40. The first kappa shape index (κ1) is 71.8. The first-order chi connectivity index (χ1) is 43.5. The molecule has 0 bridgehead atoms. The standard InChI is InChI=1S/C66H89B3N12O10/c1-11-28-66(10,67(88)56(35-44(3)4)79-59(82)50(38-47-22-16-13-17-23-47)76-62(85)53-41-70-29-32-73-53)90-68(57(36-45(5)6)80-60(83)51(39-48-24-18-14-19-25-48)77-63(86)54-42-71-30-33-74-54)65(9,12-2)91-69(89)58(37-46(7)8)81-61(84)52(40-49-26-20-15-21-27-49)78-64(87)55-43-72-31-34-75-55/h13-27,29-34,41-46,50-52,56-58,88-89H,11-12,28,35-40H2,1-10H3,(H,76,85)(H,77,86)(H,78,87)(H,79,82)(H,80,83)(H,81,84). The molecule has 0 radical (unpaired) electrons. The fourth-order valence-electron chi connectivity index (χ4n) is 11.1. The molecule has 0 fully saturated rings. The second kappa shape index (κ2) is 35.4. The predicted molar refractivity (Wildman–Crippen MR) is 350 cm³/mol. The predicted octanol–water partition coefficient (Wildman–Crippen LogP) is 5.99. The monoisotopic (exact) mass is 1240 g/mol. The van der Waals surface area contributed by atoms with Crippen LogP contribution in [0.25, 0.3) is 0 Å². The van der Waals surface area contributed by atoms with Crippen LogP contribution in [0.4, 0.5) is 0 Å². The average Bonchev–Trinajstić information content (AvgIpc) is 1.03. The van der Waals surface area contributed by atoms with E-state index in [-0.39, 0.29) is 86.2 Å². The van der Waals surface area contributed by atoms with Crippen LogP contribution in [0.3, 0.4) is 0 Å². The van der Waals surface area contributed by atoms with Gasteiger partial charge in [0.05, 0.1) is 35.5 Å². The van der Waals surface area contributed by atoms with Crippen LogP contribution in [0.15, 0.2) is 147 Å². The van der Waals surface area contributed by atoms with Gasteiger partial charge in [0.25, 0.3) is 17.7 Å². The molecule has 3 heterocycles. The summed E-state index contributed by atoms with van der Waals surface area (Å²) in [7, 11) is -1.77. The molecule has 0 saturated heterocycles. The van der Waals surface area contributed by atoms with Crippen LogP contribution < -0.4 is 31.9 Å². The van der Waals surface area contributed by atoms with Gasteiger partial charge >= 0.3 is 20.9 Å². The van der Waals surface area contributed by atoms with E-state index < -0.39 is 103 Å². The van der Waals surface area contributed by atoms with E-state index in [2.05, 4.69) is 61.8 Å². The number of hydrogen-bond acceptors (Lipinski definition) is 16. The van der Waals surface area contributed by atoms with Gasteiger partial charge in [0.15, 0.2) is 0 Å². The van der Waals surface area contributed by atoms with Gasteiger partial charge in [0.1, 0.15) is 35.2 Å². The Morgan fingerprint density at radius 3 is 1.13 bits per heavy atom. The van der Waals surface area contributed by atoms with E-state index in [1.807, 2.05) is 146 Å². The Kier molecular flexibility index (Phi) is 27.9. The highest BCUT2D eigenvalue weighted by Gasteiger charge is 2.55. The van der Waals surface area contributed by atoms with Crippen molar-refractivity contribution in [1.82, 2.24) is 61.8 Å². The fourth-order valence-corrected chi connectivity index (χ4v) is 11.1. The summed E-state index contributed by atoms with van der Waals surface area (Å²) in [6, 6.07) is 24.1. The minimum absolute atomic E-state index is 0.00364. The summed E-state index contributed by atoms with van der Waals surface area (Å²) in [4.78, 5) is 111. The smallest absolute Gasteiger partial charge is 0.447 e. The Balaban J connectivity index is 1.44. The maximum absolute atomic E-state index is 15.4. The molecule has 22 nitrogen and oxygen atoms in total. The SMILES string of the molecule is CCCC(C)(OB(C(CC(C)C)NC(=O)C(Cc1ccccc1)NC(=O)c1cnccn1)C(C)(CC)OB(O)C(CC(C)C)NC(=O)C(Cc1ccccc1)NC(=O)c1cnccn1)B(O)C(CC(C)C)NC(=O)C(Cc1ccccc1)NC(=O)c1cnccn1. The zero-order valence-corrected chi connectivity index (χ0v) is 54.0. The molecule has 91 heavy (non-hydrogen) atoms. The third-order valence-electron chi connectivity index (χ3n) is 15.8. The summed E-state index contributed by atoms with van der Waals surface area (Å²) in [6.45, 7) is 16.2. The number of nitrogens with zero attached hydrogens (tertiary/aromatic N) is 6. The van der Waals surface area contributed by atoms with Crippen molar-refractivity contribution in [3.8, 4) is 0 Å². The highest BCUT2D eigenvalue weighted by Crippen LogP contribution is 2.34. The van der Waals surface area contributed by atoms with Gasteiger partial charge in [-0.2, -0.15) is 0 Å². The zero-order chi connectivity index (χ0) is 66.1. The third-order valence-corrected chi connectivity index (χ3v) is 15.8. The minimum atomic E-state index is -1.77. The Bertz CT molecular complexity index is 3210.